The number of hydrogen-bond donors (Lipinski definition) is 1. The first-order valence-corrected chi connectivity index (χ1v) is 7.71. The van der Waals surface area contributed by atoms with E-state index in [9.17, 15) is 0 Å². The first kappa shape index (κ1) is 16.4. The molecule has 22 heavy (non-hydrogen) atoms. The Kier molecular flexibility index (Phi) is 5.84. The van der Waals surface area contributed by atoms with E-state index in [4.69, 9.17) is 15.2 Å². The van der Waals surface area contributed by atoms with E-state index in [-0.39, 0.29) is 5.92 Å². The Hall–Kier alpha value is -2.00. The maximum absolute atomic E-state index is 6.02. The molecule has 3 nitrogen and oxygen atoms in total. The van der Waals surface area contributed by atoms with Crippen LogP contribution in [-0.4, -0.2) is 20.8 Å². The summed E-state index contributed by atoms with van der Waals surface area (Å²) in [6.07, 6.45) is 1.88. The van der Waals surface area contributed by atoms with Gasteiger partial charge in [-0.3, -0.25) is 0 Å². The van der Waals surface area contributed by atoms with Crippen LogP contribution in [0.2, 0.25) is 0 Å². The van der Waals surface area contributed by atoms with Gasteiger partial charge in [0.2, 0.25) is 0 Å². The van der Waals surface area contributed by atoms with E-state index < -0.39 is 0 Å². The van der Waals surface area contributed by atoms with Crippen LogP contribution in [0.1, 0.15) is 29.5 Å². The fourth-order valence-corrected chi connectivity index (χ4v) is 2.71. The van der Waals surface area contributed by atoms with Crippen molar-refractivity contribution in [1.29, 1.82) is 0 Å². The summed E-state index contributed by atoms with van der Waals surface area (Å²) in [6, 6.07) is 14.5. The molecule has 0 aliphatic heterocycles. The number of ether oxygens (including phenoxy) is 2. The van der Waals surface area contributed by atoms with Gasteiger partial charge in [0.15, 0.2) is 0 Å². The van der Waals surface area contributed by atoms with Crippen LogP contribution in [0.15, 0.2) is 42.5 Å². The summed E-state index contributed by atoms with van der Waals surface area (Å²) in [5, 5.41) is 0. The lowest BCUT2D eigenvalue weighted by Gasteiger charge is -2.18. The molecule has 0 saturated carbocycles. The van der Waals surface area contributed by atoms with Crippen molar-refractivity contribution in [2.45, 2.75) is 25.7 Å². The minimum absolute atomic E-state index is 0.246. The van der Waals surface area contributed by atoms with Crippen molar-refractivity contribution in [1.82, 2.24) is 0 Å². The third-order valence-electron chi connectivity index (χ3n) is 4.07. The molecule has 0 fully saturated rings. The molecule has 3 heteroatoms. The third-order valence-corrected chi connectivity index (χ3v) is 4.07. The third kappa shape index (κ3) is 3.80. The summed E-state index contributed by atoms with van der Waals surface area (Å²) in [5.74, 6) is 2.04. The Bertz CT molecular complexity index is 610. The standard InChI is InChI=1S/C19H25NO2/c1-4-14-8-9-19(22-3)16(10-14)11-17(13-20)15-6-5-7-18(12-15)21-2/h5-10,12,17H,4,11,13,20H2,1-3H3. The van der Waals surface area contributed by atoms with Crippen molar-refractivity contribution in [2.75, 3.05) is 20.8 Å². The highest BCUT2D eigenvalue weighted by molar-refractivity contribution is 5.40. The van der Waals surface area contributed by atoms with E-state index in [0.29, 0.717) is 6.54 Å². The summed E-state index contributed by atoms with van der Waals surface area (Å²) < 4.78 is 10.8. The van der Waals surface area contributed by atoms with Crippen LogP contribution in [-0.2, 0) is 12.8 Å². The molecule has 2 aromatic rings. The van der Waals surface area contributed by atoms with Crippen LogP contribution in [0.3, 0.4) is 0 Å². The average Bonchev–Trinajstić information content (AvgIpc) is 2.59. The van der Waals surface area contributed by atoms with Crippen LogP contribution in [0.4, 0.5) is 0 Å². The Morgan fingerprint density at radius 3 is 2.50 bits per heavy atom. The van der Waals surface area contributed by atoms with Gasteiger partial charge >= 0.3 is 0 Å². The van der Waals surface area contributed by atoms with Gasteiger partial charge < -0.3 is 15.2 Å². The second-order valence-corrected chi connectivity index (χ2v) is 5.41. The van der Waals surface area contributed by atoms with E-state index in [1.807, 2.05) is 18.2 Å². The molecule has 0 bridgehead atoms. The highest BCUT2D eigenvalue weighted by Crippen LogP contribution is 2.28. The summed E-state index contributed by atoms with van der Waals surface area (Å²) in [5.41, 5.74) is 9.75. The van der Waals surface area contributed by atoms with E-state index >= 15 is 0 Å². The Morgan fingerprint density at radius 2 is 1.86 bits per heavy atom. The van der Waals surface area contributed by atoms with Crippen molar-refractivity contribution < 1.29 is 9.47 Å². The van der Waals surface area contributed by atoms with Gasteiger partial charge in [0, 0.05) is 5.92 Å². The number of hydrogen-bond acceptors (Lipinski definition) is 3. The molecule has 0 aliphatic rings. The van der Waals surface area contributed by atoms with E-state index in [1.54, 1.807) is 14.2 Å². The molecule has 2 rings (SSSR count). The fourth-order valence-electron chi connectivity index (χ4n) is 2.71. The zero-order chi connectivity index (χ0) is 15.9. The van der Waals surface area contributed by atoms with Gasteiger partial charge in [0.05, 0.1) is 14.2 Å². The largest absolute Gasteiger partial charge is 0.497 e. The van der Waals surface area contributed by atoms with Crippen LogP contribution < -0.4 is 15.2 Å². The predicted octanol–water partition coefficient (Wildman–Crippen LogP) is 3.55. The molecule has 0 spiro atoms. The number of aryl methyl sites for hydroxylation is 1. The second kappa shape index (κ2) is 7.85. The molecular weight excluding hydrogens is 274 g/mol. The molecule has 2 aromatic carbocycles. The van der Waals surface area contributed by atoms with E-state index in [0.717, 1.165) is 24.3 Å². The fraction of sp³-hybridized carbons (Fsp3) is 0.368. The second-order valence-electron chi connectivity index (χ2n) is 5.41. The number of rotatable bonds is 7. The summed E-state index contributed by atoms with van der Waals surface area (Å²) in [4.78, 5) is 0. The van der Waals surface area contributed by atoms with Crippen LogP contribution in [0, 0.1) is 0 Å². The van der Waals surface area contributed by atoms with Crippen molar-refractivity contribution in [2.24, 2.45) is 5.73 Å². The van der Waals surface area contributed by atoms with Crippen molar-refractivity contribution in [3.8, 4) is 11.5 Å². The van der Waals surface area contributed by atoms with Crippen molar-refractivity contribution in [3.63, 3.8) is 0 Å². The Balaban J connectivity index is 2.29. The van der Waals surface area contributed by atoms with Gasteiger partial charge in [-0.1, -0.05) is 31.2 Å². The maximum atomic E-state index is 6.02. The lowest BCUT2D eigenvalue weighted by atomic mass is 9.90. The normalized spacial score (nSPS) is 12.0. The van der Waals surface area contributed by atoms with Gasteiger partial charge in [-0.25, -0.2) is 0 Å². The lowest BCUT2D eigenvalue weighted by molar-refractivity contribution is 0.407. The Labute approximate surface area is 133 Å². The van der Waals surface area contributed by atoms with Crippen LogP contribution in [0.5, 0.6) is 11.5 Å². The molecule has 0 radical (unpaired) electrons. The lowest BCUT2D eigenvalue weighted by Crippen LogP contribution is -2.15. The molecule has 0 amide bonds. The molecule has 2 N–H and O–H groups in total. The molecule has 0 saturated heterocycles. The predicted molar refractivity (Wildman–Crippen MR) is 90.9 cm³/mol. The minimum Gasteiger partial charge on any atom is -0.497 e. The number of nitrogens with two attached hydrogens (primary N) is 1. The first-order chi connectivity index (χ1) is 10.7. The van der Waals surface area contributed by atoms with E-state index in [1.165, 1.54) is 16.7 Å². The smallest absolute Gasteiger partial charge is 0.122 e. The average molecular weight is 299 g/mol. The topological polar surface area (TPSA) is 44.5 Å². The first-order valence-electron chi connectivity index (χ1n) is 7.71. The Morgan fingerprint density at radius 1 is 1.05 bits per heavy atom. The highest BCUT2D eigenvalue weighted by atomic mass is 16.5. The van der Waals surface area contributed by atoms with E-state index in [2.05, 4.69) is 31.2 Å². The monoisotopic (exact) mass is 299 g/mol. The molecule has 1 atom stereocenters. The molecule has 0 heterocycles. The SMILES string of the molecule is CCc1ccc(OC)c(CC(CN)c2cccc(OC)c2)c1. The van der Waals surface area contributed by atoms with Gasteiger partial charge in [0.25, 0.3) is 0 Å². The van der Waals surface area contributed by atoms with Gasteiger partial charge in [0.1, 0.15) is 11.5 Å². The molecule has 1 unspecified atom stereocenters. The van der Waals surface area contributed by atoms with Crippen molar-refractivity contribution >= 4 is 0 Å². The molecule has 0 aromatic heterocycles. The zero-order valence-electron chi connectivity index (χ0n) is 13.6. The van der Waals surface area contributed by atoms with Crippen LogP contribution in [0.25, 0.3) is 0 Å². The summed E-state index contributed by atoms with van der Waals surface area (Å²) in [6.45, 7) is 2.75. The quantitative estimate of drug-likeness (QED) is 0.850. The highest BCUT2D eigenvalue weighted by Gasteiger charge is 2.14. The minimum atomic E-state index is 0.246. The number of benzene rings is 2. The summed E-state index contributed by atoms with van der Waals surface area (Å²) >= 11 is 0. The van der Waals surface area contributed by atoms with Gasteiger partial charge in [-0.2, -0.15) is 0 Å². The van der Waals surface area contributed by atoms with Gasteiger partial charge in [-0.05, 0) is 54.3 Å². The van der Waals surface area contributed by atoms with Crippen molar-refractivity contribution in [3.05, 3.63) is 59.2 Å². The maximum Gasteiger partial charge on any atom is 0.122 e. The molecule has 0 aliphatic carbocycles. The molecular formula is C19H25NO2. The number of methoxy groups -OCH3 is 2. The molecule has 118 valence electrons. The summed E-state index contributed by atoms with van der Waals surface area (Å²) in [7, 11) is 3.40. The van der Waals surface area contributed by atoms with Gasteiger partial charge in [-0.15, -0.1) is 0 Å². The zero-order valence-corrected chi connectivity index (χ0v) is 13.6. The van der Waals surface area contributed by atoms with Crippen LogP contribution >= 0.6 is 0 Å².